The Hall–Kier alpha value is -3.12. The van der Waals surface area contributed by atoms with E-state index in [1.807, 2.05) is 18.2 Å². The van der Waals surface area contributed by atoms with E-state index in [9.17, 15) is 0 Å². The Morgan fingerprint density at radius 2 is 1.89 bits per heavy atom. The zero-order valence-electron chi connectivity index (χ0n) is 15.1. The number of hydrogen-bond donors (Lipinski definition) is 0. The molecule has 6 heteroatoms. The van der Waals surface area contributed by atoms with E-state index in [4.69, 9.17) is 9.47 Å². The predicted molar refractivity (Wildman–Crippen MR) is 103 cm³/mol. The molecule has 2 aromatic carbocycles. The molecule has 0 aliphatic carbocycles. The fraction of sp³-hybridized carbons (Fsp3) is 0.238. The fourth-order valence-corrected chi connectivity index (χ4v) is 3.67. The van der Waals surface area contributed by atoms with Gasteiger partial charge in [0.05, 0.1) is 5.69 Å². The molecule has 1 aromatic heterocycles. The van der Waals surface area contributed by atoms with Crippen LogP contribution in [0, 0.1) is 0 Å². The molecule has 0 N–H and O–H groups in total. The molecule has 0 atom stereocenters. The van der Waals surface area contributed by atoms with Crippen LogP contribution >= 0.6 is 0 Å². The van der Waals surface area contributed by atoms with Crippen molar-refractivity contribution in [3.05, 3.63) is 60.3 Å². The number of rotatable bonds is 2. The van der Waals surface area contributed by atoms with Crippen molar-refractivity contribution in [2.24, 2.45) is 0 Å². The maximum absolute atomic E-state index is 5.57. The quantitative estimate of drug-likeness (QED) is 0.698. The average Bonchev–Trinajstić information content (AvgIpc) is 3.10. The Kier molecular flexibility index (Phi) is 3.90. The molecule has 0 saturated carbocycles. The highest BCUT2D eigenvalue weighted by Crippen LogP contribution is 2.39. The van der Waals surface area contributed by atoms with Crippen LogP contribution in [0.25, 0.3) is 11.3 Å². The van der Waals surface area contributed by atoms with Crippen LogP contribution in [-0.2, 0) is 6.54 Å². The smallest absolute Gasteiger partial charge is 0.231 e. The third kappa shape index (κ3) is 2.98. The molecule has 0 spiro atoms. The zero-order chi connectivity index (χ0) is 18.2. The molecule has 2 aliphatic rings. The topological polar surface area (TPSA) is 50.7 Å². The molecule has 0 saturated heterocycles. The molecule has 2 aliphatic heterocycles. The molecular weight excluding hydrogens is 340 g/mol. The van der Waals surface area contributed by atoms with Crippen LogP contribution in [0.1, 0.15) is 5.56 Å². The van der Waals surface area contributed by atoms with Crippen molar-refractivity contribution in [3.8, 4) is 22.8 Å². The number of fused-ring (bicyclic) bond motifs is 2. The van der Waals surface area contributed by atoms with E-state index in [-0.39, 0.29) is 0 Å². The van der Waals surface area contributed by atoms with E-state index >= 15 is 0 Å². The average molecular weight is 360 g/mol. The van der Waals surface area contributed by atoms with Crippen LogP contribution < -0.4 is 14.4 Å². The van der Waals surface area contributed by atoms with E-state index in [2.05, 4.69) is 57.4 Å². The number of anilines is 2. The standard InChI is InChI=1S/C21H20N4O2/c1-24-9-10-25(17-5-7-20-21(12-17)27-14-26-20)19-6-4-15(11-16(19)13-24)18-3-2-8-22-23-18/h2-8,11-12H,9-10,13-14H2,1H3. The van der Waals surface area contributed by atoms with E-state index < -0.39 is 0 Å². The van der Waals surface area contributed by atoms with Crippen LogP contribution in [0.15, 0.2) is 54.7 Å². The predicted octanol–water partition coefficient (Wildman–Crippen LogP) is 3.46. The number of aromatic nitrogens is 2. The van der Waals surface area contributed by atoms with Gasteiger partial charge < -0.3 is 19.3 Å². The Labute approximate surface area is 158 Å². The summed E-state index contributed by atoms with van der Waals surface area (Å²) in [5.41, 5.74) is 5.58. The molecule has 0 amide bonds. The van der Waals surface area contributed by atoms with E-state index in [0.717, 1.165) is 48.1 Å². The van der Waals surface area contributed by atoms with Crippen molar-refractivity contribution in [2.75, 3.05) is 31.8 Å². The number of likely N-dealkylation sites (N-methyl/N-ethyl adjacent to an activating group) is 1. The Bertz CT molecular complexity index is 977. The summed E-state index contributed by atoms with van der Waals surface area (Å²) in [4.78, 5) is 4.69. The molecule has 27 heavy (non-hydrogen) atoms. The lowest BCUT2D eigenvalue weighted by Gasteiger charge is -2.25. The van der Waals surface area contributed by atoms with Gasteiger partial charge in [-0.25, -0.2) is 0 Å². The third-order valence-electron chi connectivity index (χ3n) is 5.05. The van der Waals surface area contributed by atoms with Crippen LogP contribution in [0.2, 0.25) is 0 Å². The van der Waals surface area contributed by atoms with E-state index in [0.29, 0.717) is 6.79 Å². The van der Waals surface area contributed by atoms with Crippen LogP contribution in [0.5, 0.6) is 11.5 Å². The maximum Gasteiger partial charge on any atom is 0.231 e. The van der Waals surface area contributed by atoms with Crippen molar-refractivity contribution in [3.63, 3.8) is 0 Å². The number of hydrogen-bond acceptors (Lipinski definition) is 6. The molecule has 5 rings (SSSR count). The number of ether oxygens (including phenoxy) is 2. The lowest BCUT2D eigenvalue weighted by Crippen LogP contribution is -2.26. The minimum Gasteiger partial charge on any atom is -0.454 e. The summed E-state index contributed by atoms with van der Waals surface area (Å²) >= 11 is 0. The van der Waals surface area contributed by atoms with Gasteiger partial charge in [-0.1, -0.05) is 6.07 Å². The highest BCUT2D eigenvalue weighted by atomic mass is 16.7. The van der Waals surface area contributed by atoms with Crippen molar-refractivity contribution < 1.29 is 9.47 Å². The minimum atomic E-state index is 0.291. The maximum atomic E-state index is 5.57. The first kappa shape index (κ1) is 16.1. The summed E-state index contributed by atoms with van der Waals surface area (Å²) < 4.78 is 11.0. The molecule has 136 valence electrons. The molecule has 3 aromatic rings. The number of nitrogens with zero attached hydrogens (tertiary/aromatic N) is 4. The summed E-state index contributed by atoms with van der Waals surface area (Å²) in [7, 11) is 2.15. The van der Waals surface area contributed by atoms with Crippen LogP contribution in [0.3, 0.4) is 0 Å². The van der Waals surface area contributed by atoms with Crippen molar-refractivity contribution in [1.82, 2.24) is 15.1 Å². The highest BCUT2D eigenvalue weighted by Gasteiger charge is 2.22. The first-order chi connectivity index (χ1) is 13.3. The lowest BCUT2D eigenvalue weighted by molar-refractivity contribution is 0.174. The second-order valence-corrected chi connectivity index (χ2v) is 6.88. The van der Waals surface area contributed by atoms with Gasteiger partial charge in [-0.15, -0.1) is 0 Å². The fourth-order valence-electron chi connectivity index (χ4n) is 3.67. The van der Waals surface area contributed by atoms with Crippen LogP contribution in [0.4, 0.5) is 11.4 Å². The van der Waals surface area contributed by atoms with Crippen molar-refractivity contribution in [2.45, 2.75) is 6.54 Å². The molecular formula is C21H20N4O2. The van der Waals surface area contributed by atoms with Gasteiger partial charge in [-0.05, 0) is 49.0 Å². The molecule has 0 fully saturated rings. The zero-order valence-corrected chi connectivity index (χ0v) is 15.1. The third-order valence-corrected chi connectivity index (χ3v) is 5.05. The molecule has 3 heterocycles. The molecule has 0 radical (unpaired) electrons. The SMILES string of the molecule is CN1CCN(c2ccc3c(c2)OCO3)c2ccc(-c3cccnn3)cc2C1. The highest BCUT2D eigenvalue weighted by molar-refractivity contribution is 5.73. The Balaban J connectivity index is 1.57. The minimum absolute atomic E-state index is 0.291. The lowest BCUT2D eigenvalue weighted by atomic mass is 10.0. The number of benzene rings is 2. The Morgan fingerprint density at radius 1 is 0.963 bits per heavy atom. The van der Waals surface area contributed by atoms with Gasteiger partial charge in [-0.3, -0.25) is 0 Å². The molecule has 0 bridgehead atoms. The normalized spacial score (nSPS) is 16.1. The summed E-state index contributed by atoms with van der Waals surface area (Å²) in [6.45, 7) is 3.07. The van der Waals surface area contributed by atoms with Crippen molar-refractivity contribution in [1.29, 1.82) is 0 Å². The summed E-state index contributed by atoms with van der Waals surface area (Å²) in [5.74, 6) is 1.62. The van der Waals surface area contributed by atoms with Gasteiger partial charge in [0.1, 0.15) is 0 Å². The van der Waals surface area contributed by atoms with E-state index in [1.165, 1.54) is 11.3 Å². The summed E-state index contributed by atoms with van der Waals surface area (Å²) in [6, 6.07) is 16.6. The van der Waals surface area contributed by atoms with Gasteiger partial charge in [-0.2, -0.15) is 10.2 Å². The summed E-state index contributed by atoms with van der Waals surface area (Å²) in [6.07, 6.45) is 1.70. The first-order valence-electron chi connectivity index (χ1n) is 9.05. The van der Waals surface area contributed by atoms with Crippen molar-refractivity contribution >= 4 is 11.4 Å². The molecule has 6 nitrogen and oxygen atoms in total. The molecule has 0 unspecified atom stereocenters. The van der Waals surface area contributed by atoms with E-state index in [1.54, 1.807) is 6.20 Å². The first-order valence-corrected chi connectivity index (χ1v) is 9.05. The monoisotopic (exact) mass is 360 g/mol. The Morgan fingerprint density at radius 3 is 2.78 bits per heavy atom. The second kappa shape index (κ2) is 6.55. The van der Waals surface area contributed by atoms with Gasteiger partial charge >= 0.3 is 0 Å². The summed E-state index contributed by atoms with van der Waals surface area (Å²) in [5, 5.41) is 8.26. The van der Waals surface area contributed by atoms with Gasteiger partial charge in [0.2, 0.25) is 6.79 Å². The van der Waals surface area contributed by atoms with Crippen LogP contribution in [-0.4, -0.2) is 42.0 Å². The van der Waals surface area contributed by atoms with Gasteiger partial charge in [0, 0.05) is 48.8 Å². The largest absolute Gasteiger partial charge is 0.454 e. The second-order valence-electron chi connectivity index (χ2n) is 6.88. The van der Waals surface area contributed by atoms with Gasteiger partial charge in [0.15, 0.2) is 11.5 Å². The van der Waals surface area contributed by atoms with Gasteiger partial charge in [0.25, 0.3) is 0 Å².